The molecule has 0 aliphatic carbocycles. The molecule has 0 fully saturated rings. The molecule has 16 heavy (non-hydrogen) atoms. The van der Waals surface area contributed by atoms with E-state index < -0.39 is 5.97 Å². The van der Waals surface area contributed by atoms with Crippen molar-refractivity contribution in [2.45, 2.75) is 19.9 Å². The molecule has 0 radical (unpaired) electrons. The van der Waals surface area contributed by atoms with Crippen LogP contribution in [0.3, 0.4) is 0 Å². The lowest BCUT2D eigenvalue weighted by Gasteiger charge is -2.03. The molecule has 1 heterocycles. The van der Waals surface area contributed by atoms with E-state index in [1.54, 1.807) is 13.0 Å². The van der Waals surface area contributed by atoms with Crippen LogP contribution in [0, 0.1) is 0 Å². The summed E-state index contributed by atoms with van der Waals surface area (Å²) in [4.78, 5) is 23.2. The van der Waals surface area contributed by atoms with E-state index in [-0.39, 0.29) is 18.9 Å². The molecule has 0 aromatic carbocycles. The third kappa shape index (κ3) is 4.63. The van der Waals surface area contributed by atoms with E-state index in [0.717, 1.165) is 4.88 Å². The van der Waals surface area contributed by atoms with Gasteiger partial charge in [0.1, 0.15) is 6.42 Å². The van der Waals surface area contributed by atoms with E-state index in [1.165, 1.54) is 11.3 Å². The van der Waals surface area contributed by atoms with Crippen LogP contribution in [-0.4, -0.2) is 18.5 Å². The van der Waals surface area contributed by atoms with Crippen molar-refractivity contribution in [3.05, 3.63) is 21.3 Å². The average Bonchev–Trinajstić information content (AvgIpc) is 2.61. The van der Waals surface area contributed by atoms with Crippen molar-refractivity contribution in [3.8, 4) is 0 Å². The smallest absolute Gasteiger partial charge is 0.315 e. The van der Waals surface area contributed by atoms with Crippen LogP contribution in [0.15, 0.2) is 12.1 Å². The topological polar surface area (TPSA) is 55.4 Å². The van der Waals surface area contributed by atoms with Gasteiger partial charge in [0.2, 0.25) is 5.91 Å². The Morgan fingerprint density at radius 3 is 2.81 bits per heavy atom. The number of nitrogens with one attached hydrogen (secondary N) is 1. The van der Waals surface area contributed by atoms with Crippen LogP contribution in [0.1, 0.15) is 18.2 Å². The van der Waals surface area contributed by atoms with Crippen LogP contribution in [0.4, 0.5) is 0 Å². The molecule has 0 saturated carbocycles. The van der Waals surface area contributed by atoms with Gasteiger partial charge in [-0.2, -0.15) is 0 Å². The second-order valence-electron chi connectivity index (χ2n) is 2.96. The molecule has 88 valence electrons. The maximum Gasteiger partial charge on any atom is 0.315 e. The molecule has 4 nitrogen and oxygen atoms in total. The third-order valence-corrected chi connectivity index (χ3v) is 2.93. The number of esters is 1. The first-order valence-corrected chi connectivity index (χ1v) is 5.97. The summed E-state index contributed by atoms with van der Waals surface area (Å²) in [7, 11) is 0. The number of ether oxygens (including phenoxy) is 1. The number of thiophene rings is 1. The molecular formula is C10H12ClNO3S. The summed E-state index contributed by atoms with van der Waals surface area (Å²) < 4.78 is 5.33. The quantitative estimate of drug-likeness (QED) is 0.651. The molecule has 0 saturated heterocycles. The molecule has 0 aliphatic rings. The van der Waals surface area contributed by atoms with E-state index in [4.69, 9.17) is 11.6 Å². The average molecular weight is 262 g/mol. The molecule has 0 aliphatic heterocycles. The number of rotatable bonds is 5. The highest BCUT2D eigenvalue weighted by atomic mass is 35.5. The highest BCUT2D eigenvalue weighted by Gasteiger charge is 2.09. The maximum absolute atomic E-state index is 11.3. The number of hydrogen-bond donors (Lipinski definition) is 1. The zero-order valence-electron chi connectivity index (χ0n) is 8.79. The van der Waals surface area contributed by atoms with Crippen molar-refractivity contribution >= 4 is 34.8 Å². The number of carbonyl (C=O) groups is 2. The fraction of sp³-hybridized carbons (Fsp3) is 0.400. The minimum absolute atomic E-state index is 0.243. The fourth-order valence-electron chi connectivity index (χ4n) is 1.04. The maximum atomic E-state index is 11.3. The van der Waals surface area contributed by atoms with Crippen LogP contribution in [0.5, 0.6) is 0 Å². The predicted molar refractivity (Wildman–Crippen MR) is 62.4 cm³/mol. The van der Waals surface area contributed by atoms with Crippen molar-refractivity contribution in [2.24, 2.45) is 0 Å². The highest BCUT2D eigenvalue weighted by Crippen LogP contribution is 2.20. The van der Waals surface area contributed by atoms with Gasteiger partial charge in [0.25, 0.3) is 0 Å². The van der Waals surface area contributed by atoms with Gasteiger partial charge in [0.05, 0.1) is 17.5 Å². The van der Waals surface area contributed by atoms with Gasteiger partial charge in [-0.05, 0) is 19.1 Å². The van der Waals surface area contributed by atoms with E-state index in [2.05, 4.69) is 10.1 Å². The minimum Gasteiger partial charge on any atom is -0.466 e. The Morgan fingerprint density at radius 1 is 1.50 bits per heavy atom. The number of halogens is 1. The lowest BCUT2D eigenvalue weighted by Crippen LogP contribution is -2.25. The zero-order chi connectivity index (χ0) is 12.0. The molecule has 0 atom stereocenters. The van der Waals surface area contributed by atoms with Gasteiger partial charge < -0.3 is 10.1 Å². The van der Waals surface area contributed by atoms with Crippen molar-refractivity contribution in [3.63, 3.8) is 0 Å². The van der Waals surface area contributed by atoms with Crippen molar-refractivity contribution in [1.82, 2.24) is 5.32 Å². The largest absolute Gasteiger partial charge is 0.466 e. The van der Waals surface area contributed by atoms with Crippen molar-refractivity contribution in [2.75, 3.05) is 6.61 Å². The number of hydrogen-bond acceptors (Lipinski definition) is 4. The van der Waals surface area contributed by atoms with Crippen molar-refractivity contribution in [1.29, 1.82) is 0 Å². The van der Waals surface area contributed by atoms with E-state index >= 15 is 0 Å². The summed E-state index contributed by atoms with van der Waals surface area (Å²) in [5.41, 5.74) is 0. The first kappa shape index (κ1) is 13.0. The summed E-state index contributed by atoms with van der Waals surface area (Å²) in [6.45, 7) is 2.37. The Hall–Kier alpha value is -1.07. The fourth-order valence-corrected chi connectivity index (χ4v) is 2.07. The number of amides is 1. The van der Waals surface area contributed by atoms with E-state index in [0.29, 0.717) is 10.9 Å². The SMILES string of the molecule is CCOC(=O)CC(=O)NCc1ccc(Cl)s1. The normalized spacial score (nSPS) is 9.88. The molecule has 1 aromatic heterocycles. The summed E-state index contributed by atoms with van der Waals surface area (Å²) in [6.07, 6.45) is -0.243. The van der Waals surface area contributed by atoms with Gasteiger partial charge in [-0.3, -0.25) is 9.59 Å². The Kier molecular flexibility index (Phi) is 5.28. The Bertz CT molecular complexity index is 378. The molecule has 1 N–H and O–H groups in total. The minimum atomic E-state index is -0.510. The molecular weight excluding hydrogens is 250 g/mol. The van der Waals surface area contributed by atoms with Gasteiger partial charge in [0, 0.05) is 4.88 Å². The molecule has 0 bridgehead atoms. The Morgan fingerprint density at radius 2 is 2.25 bits per heavy atom. The first-order chi connectivity index (χ1) is 7.61. The summed E-state index contributed by atoms with van der Waals surface area (Å²) in [5.74, 6) is -0.854. The number of carbonyl (C=O) groups excluding carboxylic acids is 2. The molecule has 1 amide bonds. The summed E-state index contributed by atoms with van der Waals surface area (Å²) in [6, 6.07) is 3.59. The second kappa shape index (κ2) is 6.50. The molecule has 1 rings (SSSR count). The summed E-state index contributed by atoms with van der Waals surface area (Å²) >= 11 is 7.13. The van der Waals surface area contributed by atoms with Crippen LogP contribution >= 0.6 is 22.9 Å². The van der Waals surface area contributed by atoms with Crippen LogP contribution < -0.4 is 5.32 Å². The summed E-state index contributed by atoms with van der Waals surface area (Å²) in [5, 5.41) is 2.61. The predicted octanol–water partition coefficient (Wildman–Crippen LogP) is 1.97. The highest BCUT2D eigenvalue weighted by molar-refractivity contribution is 7.16. The monoisotopic (exact) mass is 261 g/mol. The second-order valence-corrected chi connectivity index (χ2v) is 4.76. The molecule has 1 aromatic rings. The van der Waals surface area contributed by atoms with Gasteiger partial charge in [-0.1, -0.05) is 11.6 Å². The van der Waals surface area contributed by atoms with Crippen molar-refractivity contribution < 1.29 is 14.3 Å². The van der Waals surface area contributed by atoms with Crippen LogP contribution in [0.25, 0.3) is 0 Å². The van der Waals surface area contributed by atoms with E-state index in [1.807, 2.05) is 6.07 Å². The Balaban J connectivity index is 2.27. The lowest BCUT2D eigenvalue weighted by atomic mass is 10.4. The molecule has 0 unspecified atom stereocenters. The lowest BCUT2D eigenvalue weighted by molar-refractivity contribution is -0.145. The zero-order valence-corrected chi connectivity index (χ0v) is 10.4. The van der Waals surface area contributed by atoms with Crippen LogP contribution in [-0.2, 0) is 20.9 Å². The Labute approximate surface area is 103 Å². The standard InChI is InChI=1S/C10H12ClNO3S/c1-2-15-10(14)5-9(13)12-6-7-3-4-8(11)16-7/h3-4H,2,5-6H2,1H3,(H,12,13). The van der Waals surface area contributed by atoms with Crippen LogP contribution in [0.2, 0.25) is 4.34 Å². The third-order valence-electron chi connectivity index (χ3n) is 1.70. The molecule has 0 spiro atoms. The van der Waals surface area contributed by atoms with Gasteiger partial charge in [-0.15, -0.1) is 11.3 Å². The molecule has 6 heteroatoms. The first-order valence-electron chi connectivity index (χ1n) is 4.78. The van der Waals surface area contributed by atoms with Gasteiger partial charge >= 0.3 is 5.97 Å². The van der Waals surface area contributed by atoms with E-state index in [9.17, 15) is 9.59 Å². The van der Waals surface area contributed by atoms with Gasteiger partial charge in [-0.25, -0.2) is 0 Å². The van der Waals surface area contributed by atoms with Gasteiger partial charge in [0.15, 0.2) is 0 Å².